The third-order valence-corrected chi connectivity index (χ3v) is 5.78. The zero-order chi connectivity index (χ0) is 20.5. The van der Waals surface area contributed by atoms with Crippen LogP contribution in [-0.4, -0.2) is 60.3 Å². The Labute approximate surface area is 162 Å². The Bertz CT molecular complexity index is 710. The fourth-order valence-corrected chi connectivity index (χ4v) is 3.81. The maximum atomic E-state index is 13.1. The number of benzene rings is 1. The third kappa shape index (κ3) is 4.66. The summed E-state index contributed by atoms with van der Waals surface area (Å²) in [5, 5.41) is 0. The highest BCUT2D eigenvalue weighted by Crippen LogP contribution is 2.45. The van der Waals surface area contributed by atoms with Crippen LogP contribution in [-0.2, 0) is 14.3 Å². The monoisotopic (exact) mass is 398 g/mol. The van der Waals surface area contributed by atoms with Crippen LogP contribution >= 0.6 is 0 Å². The third-order valence-electron chi connectivity index (χ3n) is 5.78. The van der Waals surface area contributed by atoms with Crippen LogP contribution in [0.25, 0.3) is 0 Å². The van der Waals surface area contributed by atoms with Gasteiger partial charge in [-0.1, -0.05) is 30.3 Å². The maximum Gasteiger partial charge on any atom is 0.471 e. The summed E-state index contributed by atoms with van der Waals surface area (Å²) in [6, 6.07) is 8.68. The number of esters is 1. The zero-order valence-corrected chi connectivity index (χ0v) is 16.0. The van der Waals surface area contributed by atoms with Crippen molar-refractivity contribution < 1.29 is 27.5 Å². The van der Waals surface area contributed by atoms with E-state index in [9.17, 15) is 22.8 Å². The van der Waals surface area contributed by atoms with Crippen LogP contribution in [0, 0.1) is 5.92 Å². The number of alkyl halides is 3. The molecule has 3 rings (SSSR count). The van der Waals surface area contributed by atoms with Gasteiger partial charge in [-0.3, -0.25) is 14.5 Å². The molecule has 2 fully saturated rings. The molecule has 1 amide bonds. The molecule has 28 heavy (non-hydrogen) atoms. The molecule has 0 radical (unpaired) electrons. The Balaban J connectivity index is 1.64. The summed E-state index contributed by atoms with van der Waals surface area (Å²) in [5.41, 5.74) is 0.878. The van der Waals surface area contributed by atoms with E-state index in [-0.39, 0.29) is 17.9 Å². The minimum atomic E-state index is -5.00. The lowest BCUT2D eigenvalue weighted by Crippen LogP contribution is -2.46. The van der Waals surface area contributed by atoms with Crippen molar-refractivity contribution in [2.75, 3.05) is 20.3 Å². The predicted molar refractivity (Wildman–Crippen MR) is 96.3 cm³/mol. The normalized spacial score (nSPS) is 27.9. The summed E-state index contributed by atoms with van der Waals surface area (Å²) in [6.45, 7) is 2.06. The molecule has 1 aliphatic carbocycles. The number of carbonyl (C=O) groups is 2. The van der Waals surface area contributed by atoms with Gasteiger partial charge in [0.15, 0.2) is 6.73 Å². The van der Waals surface area contributed by atoms with Gasteiger partial charge in [0.25, 0.3) is 0 Å². The Morgan fingerprint density at radius 2 is 1.89 bits per heavy atom. The Hall–Kier alpha value is -2.09. The molecule has 2 unspecified atom stereocenters. The molecule has 1 heterocycles. The fourth-order valence-electron chi connectivity index (χ4n) is 3.81. The second-order valence-electron chi connectivity index (χ2n) is 7.74. The molecular weight excluding hydrogens is 373 g/mol. The number of amides is 1. The number of halogens is 3. The van der Waals surface area contributed by atoms with Gasteiger partial charge in [0.1, 0.15) is 0 Å². The lowest BCUT2D eigenvalue weighted by molar-refractivity contribution is -0.193. The van der Waals surface area contributed by atoms with Gasteiger partial charge in [-0.2, -0.15) is 13.2 Å². The van der Waals surface area contributed by atoms with Gasteiger partial charge in [0, 0.05) is 18.0 Å². The standard InChI is InChI=1S/C20H25F3N2O3/c1-13-10-15(8-9-24(13)2)18(26)28-12-25(19(27)20(21,22)23)17-11-16(17)14-6-4-3-5-7-14/h3-7,13,15-17H,8-12H2,1-2H3/t13?,15?,16-,17+/m0/s1. The first-order valence-corrected chi connectivity index (χ1v) is 9.48. The highest BCUT2D eigenvalue weighted by Gasteiger charge is 2.52. The average molecular weight is 398 g/mol. The van der Waals surface area contributed by atoms with Crippen LogP contribution < -0.4 is 0 Å². The first-order valence-electron chi connectivity index (χ1n) is 9.48. The lowest BCUT2D eigenvalue weighted by Gasteiger charge is -2.34. The molecular formula is C20H25F3N2O3. The highest BCUT2D eigenvalue weighted by atomic mass is 19.4. The zero-order valence-electron chi connectivity index (χ0n) is 16.0. The van der Waals surface area contributed by atoms with Gasteiger partial charge in [0.2, 0.25) is 0 Å². The molecule has 1 aromatic rings. The quantitative estimate of drug-likeness (QED) is 0.565. The van der Waals surface area contributed by atoms with Crippen LogP contribution in [0.15, 0.2) is 30.3 Å². The predicted octanol–water partition coefficient (Wildman–Crippen LogP) is 3.16. The van der Waals surface area contributed by atoms with Gasteiger partial charge in [0.05, 0.1) is 5.92 Å². The van der Waals surface area contributed by atoms with Gasteiger partial charge in [-0.15, -0.1) is 0 Å². The summed E-state index contributed by atoms with van der Waals surface area (Å²) >= 11 is 0. The van der Waals surface area contributed by atoms with Gasteiger partial charge < -0.3 is 9.64 Å². The van der Waals surface area contributed by atoms with Crippen LogP contribution in [0.3, 0.4) is 0 Å². The highest BCUT2D eigenvalue weighted by molar-refractivity contribution is 5.83. The van der Waals surface area contributed by atoms with Crippen molar-refractivity contribution >= 4 is 11.9 Å². The number of nitrogens with zero attached hydrogens (tertiary/aromatic N) is 2. The van der Waals surface area contributed by atoms with E-state index in [1.807, 2.05) is 44.3 Å². The molecule has 1 aliphatic heterocycles. The van der Waals surface area contributed by atoms with Gasteiger partial charge in [-0.25, -0.2) is 0 Å². The second kappa shape index (κ2) is 8.11. The fraction of sp³-hybridized carbons (Fsp3) is 0.600. The summed E-state index contributed by atoms with van der Waals surface area (Å²) in [6.07, 6.45) is -3.38. The number of rotatable bonds is 5. The molecule has 154 valence electrons. The average Bonchev–Trinajstić information content (AvgIpc) is 3.44. The number of likely N-dealkylation sites (tertiary alicyclic amines) is 1. The number of piperidine rings is 1. The number of hydrogen-bond donors (Lipinski definition) is 0. The SMILES string of the molecule is CC1CC(C(=O)OCN(C(=O)C(F)(F)F)[C@@H]2C[C@H]2c2ccccc2)CCN1C. The smallest absolute Gasteiger partial charge is 0.444 e. The van der Waals surface area contributed by atoms with E-state index in [0.29, 0.717) is 24.2 Å². The minimum absolute atomic E-state index is 0.172. The van der Waals surface area contributed by atoms with Crippen molar-refractivity contribution in [2.45, 2.75) is 50.4 Å². The van der Waals surface area contributed by atoms with Crippen LogP contribution in [0.1, 0.15) is 37.7 Å². The maximum absolute atomic E-state index is 13.1. The van der Waals surface area contributed by atoms with E-state index < -0.39 is 30.8 Å². The number of carbonyl (C=O) groups excluding carboxylic acids is 2. The van der Waals surface area contributed by atoms with Crippen LogP contribution in [0.2, 0.25) is 0 Å². The molecule has 1 aromatic carbocycles. The number of hydrogen-bond acceptors (Lipinski definition) is 4. The number of ether oxygens (including phenoxy) is 1. The second-order valence-corrected chi connectivity index (χ2v) is 7.74. The van der Waals surface area contributed by atoms with E-state index in [2.05, 4.69) is 4.90 Å². The molecule has 1 saturated carbocycles. The van der Waals surface area contributed by atoms with E-state index in [4.69, 9.17) is 4.74 Å². The van der Waals surface area contributed by atoms with Crippen molar-refractivity contribution in [2.24, 2.45) is 5.92 Å². The van der Waals surface area contributed by atoms with Crippen molar-refractivity contribution in [3.8, 4) is 0 Å². The summed E-state index contributed by atoms with van der Waals surface area (Å²) in [7, 11) is 1.97. The lowest BCUT2D eigenvalue weighted by atomic mass is 9.92. The van der Waals surface area contributed by atoms with Crippen molar-refractivity contribution in [3.63, 3.8) is 0 Å². The van der Waals surface area contributed by atoms with E-state index in [1.165, 1.54) is 0 Å². The van der Waals surface area contributed by atoms with Crippen LogP contribution in [0.4, 0.5) is 13.2 Å². The molecule has 0 bridgehead atoms. The van der Waals surface area contributed by atoms with E-state index >= 15 is 0 Å². The molecule has 0 spiro atoms. The minimum Gasteiger partial charge on any atom is -0.444 e. The molecule has 2 aliphatic rings. The first-order chi connectivity index (χ1) is 13.2. The van der Waals surface area contributed by atoms with Crippen molar-refractivity contribution in [1.82, 2.24) is 9.80 Å². The Kier molecular flexibility index (Phi) is 5.98. The van der Waals surface area contributed by atoms with E-state index in [1.54, 1.807) is 0 Å². The van der Waals surface area contributed by atoms with Crippen molar-refractivity contribution in [3.05, 3.63) is 35.9 Å². The largest absolute Gasteiger partial charge is 0.471 e. The van der Waals surface area contributed by atoms with Crippen LogP contribution in [0.5, 0.6) is 0 Å². The molecule has 4 atom stereocenters. The molecule has 5 nitrogen and oxygen atoms in total. The Morgan fingerprint density at radius 3 is 2.50 bits per heavy atom. The first kappa shape index (κ1) is 20.6. The summed E-state index contributed by atoms with van der Waals surface area (Å²) < 4.78 is 44.3. The topological polar surface area (TPSA) is 49.9 Å². The van der Waals surface area contributed by atoms with Crippen molar-refractivity contribution in [1.29, 1.82) is 0 Å². The Morgan fingerprint density at radius 1 is 1.21 bits per heavy atom. The molecule has 0 aromatic heterocycles. The molecule has 0 N–H and O–H groups in total. The van der Waals surface area contributed by atoms with Gasteiger partial charge in [-0.05, 0) is 45.3 Å². The molecule has 8 heteroatoms. The summed E-state index contributed by atoms with van der Waals surface area (Å²) in [5.74, 6) is -3.01. The van der Waals surface area contributed by atoms with Gasteiger partial charge >= 0.3 is 18.1 Å². The van der Waals surface area contributed by atoms with E-state index in [0.717, 1.165) is 12.1 Å². The summed E-state index contributed by atoms with van der Waals surface area (Å²) in [4.78, 5) is 27.1. The molecule has 1 saturated heterocycles.